The van der Waals surface area contributed by atoms with E-state index in [1.54, 1.807) is 6.20 Å². The SMILES string of the molecule is CCCC(O)(CCC)CNC(=NCc1ccccn1)NCC.I. The minimum atomic E-state index is -0.662. The molecule has 1 aromatic heterocycles. The van der Waals surface area contributed by atoms with Crippen molar-refractivity contribution in [3.05, 3.63) is 30.1 Å². The highest BCUT2D eigenvalue weighted by Crippen LogP contribution is 2.18. The third-order valence-electron chi connectivity index (χ3n) is 3.49. The second kappa shape index (κ2) is 12.5. The molecule has 0 unspecified atom stereocenters. The summed E-state index contributed by atoms with van der Waals surface area (Å²) < 4.78 is 0. The number of aromatic nitrogens is 1. The van der Waals surface area contributed by atoms with Crippen LogP contribution in [-0.2, 0) is 6.54 Å². The maximum Gasteiger partial charge on any atom is 0.191 e. The van der Waals surface area contributed by atoms with E-state index in [1.807, 2.05) is 25.1 Å². The van der Waals surface area contributed by atoms with E-state index < -0.39 is 5.60 Å². The van der Waals surface area contributed by atoms with Gasteiger partial charge in [-0.2, -0.15) is 0 Å². The molecular weight excluding hydrogens is 403 g/mol. The molecule has 0 aliphatic rings. The highest BCUT2D eigenvalue weighted by atomic mass is 127. The van der Waals surface area contributed by atoms with Crippen LogP contribution in [0.1, 0.15) is 52.1 Å². The van der Waals surface area contributed by atoms with E-state index in [-0.39, 0.29) is 24.0 Å². The molecule has 1 aromatic rings. The maximum absolute atomic E-state index is 10.7. The monoisotopic (exact) mass is 434 g/mol. The molecule has 6 heteroatoms. The van der Waals surface area contributed by atoms with E-state index >= 15 is 0 Å². The summed E-state index contributed by atoms with van der Waals surface area (Å²) in [6.07, 6.45) is 5.31. The number of nitrogens with one attached hydrogen (secondary N) is 2. The summed E-state index contributed by atoms with van der Waals surface area (Å²) in [5.41, 5.74) is 0.266. The van der Waals surface area contributed by atoms with Gasteiger partial charge in [-0.3, -0.25) is 4.98 Å². The first-order valence-electron chi connectivity index (χ1n) is 8.28. The van der Waals surface area contributed by atoms with Gasteiger partial charge in [0.15, 0.2) is 5.96 Å². The van der Waals surface area contributed by atoms with Gasteiger partial charge in [0.05, 0.1) is 17.8 Å². The molecule has 1 rings (SSSR count). The van der Waals surface area contributed by atoms with Crippen LogP contribution in [0.2, 0.25) is 0 Å². The maximum atomic E-state index is 10.7. The van der Waals surface area contributed by atoms with Crippen LogP contribution in [0.25, 0.3) is 0 Å². The van der Waals surface area contributed by atoms with E-state index in [1.165, 1.54) is 0 Å². The van der Waals surface area contributed by atoms with Crippen LogP contribution in [0.5, 0.6) is 0 Å². The van der Waals surface area contributed by atoms with Gasteiger partial charge in [-0.25, -0.2) is 4.99 Å². The van der Waals surface area contributed by atoms with Crippen LogP contribution in [0, 0.1) is 0 Å². The molecule has 0 fully saturated rings. The van der Waals surface area contributed by atoms with Gasteiger partial charge in [-0.15, -0.1) is 24.0 Å². The molecule has 0 aromatic carbocycles. The molecule has 132 valence electrons. The summed E-state index contributed by atoms with van der Waals surface area (Å²) in [5.74, 6) is 0.721. The molecule has 3 N–H and O–H groups in total. The zero-order chi connectivity index (χ0) is 16.3. The quantitative estimate of drug-likeness (QED) is 0.318. The average molecular weight is 434 g/mol. The predicted octanol–water partition coefficient (Wildman–Crippen LogP) is 3.09. The normalized spacial score (nSPS) is 11.7. The molecule has 0 amide bonds. The van der Waals surface area contributed by atoms with Gasteiger partial charge >= 0.3 is 0 Å². The second-order valence-electron chi connectivity index (χ2n) is 5.59. The van der Waals surface area contributed by atoms with Crippen LogP contribution in [-0.4, -0.2) is 34.7 Å². The second-order valence-corrected chi connectivity index (χ2v) is 5.59. The van der Waals surface area contributed by atoms with Gasteiger partial charge in [0.25, 0.3) is 0 Å². The Hall–Kier alpha value is -0.890. The fraction of sp³-hybridized carbons (Fsp3) is 0.647. The van der Waals surface area contributed by atoms with Crippen LogP contribution >= 0.6 is 24.0 Å². The zero-order valence-electron chi connectivity index (χ0n) is 14.5. The Labute approximate surface area is 157 Å². The van der Waals surface area contributed by atoms with Crippen molar-refractivity contribution < 1.29 is 5.11 Å². The molecular formula is C17H31IN4O. The molecule has 0 saturated carbocycles. The molecule has 5 nitrogen and oxygen atoms in total. The minimum Gasteiger partial charge on any atom is -0.388 e. The van der Waals surface area contributed by atoms with Gasteiger partial charge in [-0.1, -0.05) is 32.8 Å². The summed E-state index contributed by atoms with van der Waals surface area (Å²) in [5, 5.41) is 17.1. The summed E-state index contributed by atoms with van der Waals surface area (Å²) in [6.45, 7) is 8.05. The first-order valence-corrected chi connectivity index (χ1v) is 8.28. The molecule has 0 saturated heterocycles. The Morgan fingerprint density at radius 3 is 2.39 bits per heavy atom. The van der Waals surface area contributed by atoms with Gasteiger partial charge in [0, 0.05) is 19.3 Å². The van der Waals surface area contributed by atoms with Crippen molar-refractivity contribution in [3.63, 3.8) is 0 Å². The van der Waals surface area contributed by atoms with Crippen molar-refractivity contribution in [2.24, 2.45) is 4.99 Å². The number of aliphatic hydroxyl groups is 1. The summed E-state index contributed by atoms with van der Waals surface area (Å²) in [7, 11) is 0. The van der Waals surface area contributed by atoms with Crippen molar-refractivity contribution in [3.8, 4) is 0 Å². The van der Waals surface area contributed by atoms with E-state index in [0.29, 0.717) is 13.1 Å². The minimum absolute atomic E-state index is 0. The molecule has 0 spiro atoms. The molecule has 0 bridgehead atoms. The number of halogens is 1. The third-order valence-corrected chi connectivity index (χ3v) is 3.49. The zero-order valence-corrected chi connectivity index (χ0v) is 16.8. The summed E-state index contributed by atoms with van der Waals surface area (Å²) in [6, 6.07) is 5.81. The Kier molecular flexibility index (Phi) is 12.0. The number of aliphatic imine (C=N–C) groups is 1. The topological polar surface area (TPSA) is 69.5 Å². The number of pyridine rings is 1. The van der Waals surface area contributed by atoms with Crippen molar-refractivity contribution in [2.45, 2.75) is 58.6 Å². The smallest absolute Gasteiger partial charge is 0.191 e. The molecule has 0 radical (unpaired) electrons. The number of rotatable bonds is 9. The Bertz CT molecular complexity index is 433. The van der Waals surface area contributed by atoms with E-state index in [0.717, 1.165) is 43.9 Å². The summed E-state index contributed by atoms with van der Waals surface area (Å²) >= 11 is 0. The van der Waals surface area contributed by atoms with Gasteiger partial charge in [0.2, 0.25) is 0 Å². The number of hydrogen-bond donors (Lipinski definition) is 3. The van der Waals surface area contributed by atoms with Crippen LogP contribution in [0.15, 0.2) is 29.4 Å². The fourth-order valence-corrected chi connectivity index (χ4v) is 2.47. The number of guanidine groups is 1. The lowest BCUT2D eigenvalue weighted by atomic mass is 9.93. The first-order chi connectivity index (χ1) is 10.6. The number of nitrogens with zero attached hydrogens (tertiary/aromatic N) is 2. The van der Waals surface area contributed by atoms with E-state index in [2.05, 4.69) is 34.5 Å². The molecule has 0 aliphatic heterocycles. The highest BCUT2D eigenvalue weighted by Gasteiger charge is 2.24. The Morgan fingerprint density at radius 2 is 1.87 bits per heavy atom. The van der Waals surface area contributed by atoms with E-state index in [4.69, 9.17) is 0 Å². The lowest BCUT2D eigenvalue weighted by molar-refractivity contribution is 0.0257. The Morgan fingerprint density at radius 1 is 1.17 bits per heavy atom. The van der Waals surface area contributed by atoms with Crippen LogP contribution in [0.4, 0.5) is 0 Å². The Balaban J connectivity index is 0.00000484. The predicted molar refractivity (Wildman–Crippen MR) is 107 cm³/mol. The molecule has 0 atom stereocenters. The third kappa shape index (κ3) is 9.10. The molecule has 0 aliphatic carbocycles. The van der Waals surface area contributed by atoms with Gasteiger partial charge < -0.3 is 15.7 Å². The van der Waals surface area contributed by atoms with Crippen LogP contribution in [0.3, 0.4) is 0 Å². The fourth-order valence-electron chi connectivity index (χ4n) is 2.47. The summed E-state index contributed by atoms with van der Waals surface area (Å²) in [4.78, 5) is 8.79. The van der Waals surface area contributed by atoms with Crippen molar-refractivity contribution in [1.29, 1.82) is 0 Å². The lowest BCUT2D eigenvalue weighted by Crippen LogP contribution is -2.47. The van der Waals surface area contributed by atoms with Crippen LogP contribution < -0.4 is 10.6 Å². The first kappa shape index (κ1) is 22.1. The van der Waals surface area contributed by atoms with Gasteiger partial charge in [-0.05, 0) is 31.9 Å². The molecule has 1 heterocycles. The van der Waals surface area contributed by atoms with Crippen molar-refractivity contribution in [2.75, 3.05) is 13.1 Å². The van der Waals surface area contributed by atoms with Gasteiger partial charge in [0.1, 0.15) is 0 Å². The van der Waals surface area contributed by atoms with Crippen molar-refractivity contribution in [1.82, 2.24) is 15.6 Å². The number of hydrogen-bond acceptors (Lipinski definition) is 3. The lowest BCUT2D eigenvalue weighted by Gasteiger charge is -2.28. The van der Waals surface area contributed by atoms with E-state index in [9.17, 15) is 5.11 Å². The standard InChI is InChI=1S/C17H30N4O.HI/c1-4-10-17(22,11-5-2)14-21-16(18-6-3)20-13-15-9-7-8-12-19-15;/h7-9,12,22H,4-6,10-11,13-14H2,1-3H3,(H2,18,20,21);1H. The van der Waals surface area contributed by atoms with Crippen molar-refractivity contribution >= 4 is 29.9 Å². The highest BCUT2D eigenvalue weighted by molar-refractivity contribution is 14.0. The largest absolute Gasteiger partial charge is 0.388 e. The average Bonchev–Trinajstić information content (AvgIpc) is 2.52. The molecule has 23 heavy (non-hydrogen) atoms.